The third kappa shape index (κ3) is 4.88. The van der Waals surface area contributed by atoms with Crippen LogP contribution in [0, 0.1) is 10.1 Å². The van der Waals surface area contributed by atoms with Crippen LogP contribution in [0.5, 0.6) is 5.75 Å². The summed E-state index contributed by atoms with van der Waals surface area (Å²) in [6.45, 7) is 0. The first-order chi connectivity index (χ1) is 20.4. The molecule has 2 aromatic heterocycles. The van der Waals surface area contributed by atoms with Crippen molar-refractivity contribution in [2.75, 3.05) is 12.0 Å². The number of nitro groups is 1. The molecule has 1 N–H and O–H groups in total. The number of methoxy groups -OCH3 is 1. The van der Waals surface area contributed by atoms with Crippen LogP contribution in [-0.4, -0.2) is 39.0 Å². The molecule has 0 spiro atoms. The zero-order chi connectivity index (χ0) is 29.4. The number of hydrogen-bond donors (Lipinski definition) is 1. The van der Waals surface area contributed by atoms with Gasteiger partial charge in [-0.25, -0.2) is 0 Å². The number of hydrogen-bond acceptors (Lipinski definition) is 11. The summed E-state index contributed by atoms with van der Waals surface area (Å²) < 4.78 is 11.7. The van der Waals surface area contributed by atoms with Crippen LogP contribution < -0.4 is 9.64 Å². The van der Waals surface area contributed by atoms with Gasteiger partial charge in [0, 0.05) is 23.3 Å². The first kappa shape index (κ1) is 27.2. The van der Waals surface area contributed by atoms with Gasteiger partial charge in [0.05, 0.1) is 23.6 Å². The quantitative estimate of drug-likeness (QED) is 0.0674. The molecule has 1 aliphatic heterocycles. The monoisotopic (exact) mass is 600 g/mol. The van der Waals surface area contributed by atoms with Gasteiger partial charge in [-0.1, -0.05) is 77.7 Å². The van der Waals surface area contributed by atoms with E-state index in [1.807, 2.05) is 30.3 Å². The topological polar surface area (TPSA) is 149 Å². The van der Waals surface area contributed by atoms with Gasteiger partial charge >= 0.3 is 0 Å². The molecule has 1 amide bonds. The van der Waals surface area contributed by atoms with Gasteiger partial charge < -0.3 is 14.3 Å². The molecule has 0 bridgehead atoms. The molecule has 3 aromatic carbocycles. The van der Waals surface area contributed by atoms with Crippen molar-refractivity contribution in [2.24, 2.45) is 0 Å². The van der Waals surface area contributed by atoms with E-state index in [1.165, 1.54) is 49.2 Å². The Bertz CT molecular complexity index is 1880. The number of furan rings is 1. The molecule has 0 saturated carbocycles. The molecule has 42 heavy (non-hydrogen) atoms. The van der Waals surface area contributed by atoms with Crippen LogP contribution in [0.4, 0.5) is 10.8 Å². The van der Waals surface area contributed by atoms with E-state index in [-0.39, 0.29) is 27.7 Å². The molecule has 210 valence electrons. The smallest absolute Gasteiger partial charge is 0.296 e. The van der Waals surface area contributed by atoms with Crippen LogP contribution >= 0.6 is 23.1 Å². The highest BCUT2D eigenvalue weighted by molar-refractivity contribution is 8.00. The van der Waals surface area contributed by atoms with Gasteiger partial charge in [-0.3, -0.25) is 24.6 Å². The minimum atomic E-state index is -1.24. The number of benzene rings is 3. The Kier molecular flexibility index (Phi) is 7.19. The van der Waals surface area contributed by atoms with Crippen molar-refractivity contribution >= 4 is 56.6 Å². The number of para-hydroxylation sites is 1. The average molecular weight is 601 g/mol. The van der Waals surface area contributed by atoms with Crippen molar-refractivity contribution in [2.45, 2.75) is 16.1 Å². The highest BCUT2D eigenvalue weighted by Crippen LogP contribution is 2.45. The van der Waals surface area contributed by atoms with Crippen molar-refractivity contribution in [1.82, 2.24) is 10.2 Å². The van der Waals surface area contributed by atoms with Gasteiger partial charge in [-0.15, -0.1) is 10.2 Å². The van der Waals surface area contributed by atoms with E-state index in [0.29, 0.717) is 26.8 Å². The Morgan fingerprint density at radius 1 is 1.12 bits per heavy atom. The number of thioether (sulfide) groups is 1. The molecule has 1 atom stereocenters. The van der Waals surface area contributed by atoms with E-state index < -0.39 is 28.4 Å². The van der Waals surface area contributed by atoms with E-state index in [1.54, 1.807) is 18.2 Å². The van der Waals surface area contributed by atoms with Crippen molar-refractivity contribution in [1.29, 1.82) is 0 Å². The summed E-state index contributed by atoms with van der Waals surface area (Å²) in [5, 5.41) is 31.7. The molecule has 5 aromatic rings. The molecule has 3 heterocycles. The van der Waals surface area contributed by atoms with Crippen molar-refractivity contribution in [3.63, 3.8) is 0 Å². The molecular weight excluding hydrogens is 580 g/mol. The van der Waals surface area contributed by atoms with Crippen LogP contribution in [-0.2, 0) is 10.5 Å². The fourth-order valence-corrected chi connectivity index (χ4v) is 6.50. The molecule has 11 nitrogen and oxygen atoms in total. The van der Waals surface area contributed by atoms with Crippen molar-refractivity contribution < 1.29 is 28.8 Å². The lowest BCUT2D eigenvalue weighted by Gasteiger charge is -2.23. The average Bonchev–Trinajstić information content (AvgIpc) is 3.72. The van der Waals surface area contributed by atoms with E-state index >= 15 is 0 Å². The number of anilines is 1. The largest absolute Gasteiger partial charge is 0.503 e. The van der Waals surface area contributed by atoms with Gasteiger partial charge in [-0.2, -0.15) is 0 Å². The number of nitrogens with zero attached hydrogens (tertiary/aromatic N) is 4. The number of Topliss-reactive ketones (excluding diaryl/α,β-unsaturated/α-hetero) is 1. The molecule has 1 aliphatic rings. The summed E-state index contributed by atoms with van der Waals surface area (Å²) in [6, 6.07) is 20.7. The fraction of sp³-hybridized carbons (Fsp3) is 0.103. The third-order valence-corrected chi connectivity index (χ3v) is 8.74. The van der Waals surface area contributed by atoms with Crippen molar-refractivity contribution in [3.8, 4) is 5.75 Å². The van der Waals surface area contributed by atoms with Crippen molar-refractivity contribution in [3.05, 3.63) is 117 Å². The summed E-state index contributed by atoms with van der Waals surface area (Å²) >= 11 is 2.52. The number of aliphatic hydroxyl groups excluding tert-OH is 1. The highest BCUT2D eigenvalue weighted by Gasteiger charge is 2.47. The van der Waals surface area contributed by atoms with Gasteiger partial charge in [-0.05, 0) is 23.3 Å². The zero-order valence-electron chi connectivity index (χ0n) is 21.8. The Hall–Kier alpha value is -5.01. The number of non-ortho nitro benzene ring substituents is 1. The number of nitro benzene ring substituents is 1. The number of ether oxygens (including phenoxy) is 1. The molecule has 1 unspecified atom stereocenters. The molecule has 6 rings (SSSR count). The lowest BCUT2D eigenvalue weighted by Crippen LogP contribution is -2.31. The van der Waals surface area contributed by atoms with E-state index in [2.05, 4.69) is 10.2 Å². The van der Waals surface area contributed by atoms with Crippen LogP contribution in [0.3, 0.4) is 0 Å². The number of rotatable bonds is 9. The SMILES string of the molecule is COc1cccc2cc(C(=O)C3=C(O)C(=O)N(c4nnc(SCc5ccccc5)s4)C3c3cccc([N+](=O)[O-])c3)oc12. The summed E-state index contributed by atoms with van der Waals surface area (Å²) in [5.74, 6) is -1.59. The Labute approximate surface area is 246 Å². The molecule has 13 heteroatoms. The minimum Gasteiger partial charge on any atom is -0.503 e. The second-order valence-corrected chi connectivity index (χ2v) is 11.3. The summed E-state index contributed by atoms with van der Waals surface area (Å²) in [5.41, 5.74) is 1.07. The highest BCUT2D eigenvalue weighted by atomic mass is 32.2. The maximum Gasteiger partial charge on any atom is 0.296 e. The fourth-order valence-electron chi connectivity index (χ4n) is 4.68. The van der Waals surface area contributed by atoms with Crippen LogP contribution in [0.15, 0.2) is 99.0 Å². The van der Waals surface area contributed by atoms with E-state index in [4.69, 9.17) is 9.15 Å². The minimum absolute atomic E-state index is 0.118. The van der Waals surface area contributed by atoms with Gasteiger partial charge in [0.25, 0.3) is 11.6 Å². The number of aromatic nitrogens is 2. The molecular formula is C29H20N4O7S2. The molecule has 0 radical (unpaired) electrons. The summed E-state index contributed by atoms with van der Waals surface area (Å²) in [6.07, 6.45) is 0. The summed E-state index contributed by atoms with van der Waals surface area (Å²) in [7, 11) is 1.47. The lowest BCUT2D eigenvalue weighted by atomic mass is 9.95. The van der Waals surface area contributed by atoms with Crippen LogP contribution in [0.1, 0.15) is 27.7 Å². The second kappa shape index (κ2) is 11.1. The third-order valence-electron chi connectivity index (χ3n) is 6.61. The molecule has 0 fully saturated rings. The zero-order valence-corrected chi connectivity index (χ0v) is 23.4. The normalized spacial score (nSPS) is 15.0. The molecule has 0 aliphatic carbocycles. The molecule has 0 saturated heterocycles. The number of aliphatic hydroxyl groups is 1. The van der Waals surface area contributed by atoms with Crippen LogP contribution in [0.2, 0.25) is 0 Å². The van der Waals surface area contributed by atoms with Gasteiger partial charge in [0.2, 0.25) is 10.9 Å². The summed E-state index contributed by atoms with van der Waals surface area (Å²) in [4.78, 5) is 39.6. The Morgan fingerprint density at radius 2 is 1.90 bits per heavy atom. The second-order valence-electron chi connectivity index (χ2n) is 9.14. The first-order valence-electron chi connectivity index (χ1n) is 12.5. The lowest BCUT2D eigenvalue weighted by molar-refractivity contribution is -0.384. The Morgan fingerprint density at radius 3 is 2.67 bits per heavy atom. The maximum atomic E-state index is 13.9. The predicted octanol–water partition coefficient (Wildman–Crippen LogP) is 6.28. The number of ketones is 1. The number of carbonyl (C=O) groups is 2. The van der Waals surface area contributed by atoms with Gasteiger partial charge in [0.15, 0.2) is 27.2 Å². The number of amides is 1. The van der Waals surface area contributed by atoms with Gasteiger partial charge in [0.1, 0.15) is 0 Å². The number of carbonyl (C=O) groups excluding carboxylic acids is 2. The number of fused-ring (bicyclic) bond motifs is 1. The first-order valence-corrected chi connectivity index (χ1v) is 14.3. The maximum absolute atomic E-state index is 13.9. The van der Waals surface area contributed by atoms with Crippen LogP contribution in [0.25, 0.3) is 11.0 Å². The Balaban J connectivity index is 1.41. The standard InChI is InChI=1S/C29H20N4O7S2/c1-39-20-12-6-10-18-14-21(40-26(18)20)24(34)22-23(17-9-5-11-19(13-17)33(37)38)32(27(36)25(22)35)28-30-31-29(42-28)41-15-16-7-3-2-4-8-16/h2-14,23,35H,15H2,1H3. The van der Waals surface area contributed by atoms with E-state index in [9.17, 15) is 24.8 Å². The predicted molar refractivity (Wildman–Crippen MR) is 156 cm³/mol. The van der Waals surface area contributed by atoms with E-state index in [0.717, 1.165) is 21.8 Å².